The molecule has 5 nitrogen and oxygen atoms in total. The molecule has 2 amide bonds. The van der Waals surface area contributed by atoms with Crippen LogP contribution < -0.4 is 10.6 Å². The Morgan fingerprint density at radius 2 is 1.59 bits per heavy atom. The van der Waals surface area contributed by atoms with Crippen molar-refractivity contribution in [2.45, 2.75) is 45.2 Å². The molecule has 0 bridgehead atoms. The lowest BCUT2D eigenvalue weighted by Crippen LogP contribution is -2.38. The van der Waals surface area contributed by atoms with Gasteiger partial charge in [-0.3, -0.25) is 14.6 Å². The molecule has 1 aromatic heterocycles. The number of nitrogens with one attached hydrogen (secondary N) is 2. The molecule has 5 heteroatoms. The minimum atomic E-state index is -0.00990. The zero-order valence-electron chi connectivity index (χ0n) is 15.7. The number of amides is 2. The predicted molar refractivity (Wildman–Crippen MR) is 105 cm³/mol. The molecule has 0 spiro atoms. The average molecular weight is 365 g/mol. The van der Waals surface area contributed by atoms with E-state index in [2.05, 4.69) is 15.6 Å². The summed E-state index contributed by atoms with van der Waals surface area (Å²) in [5.74, 6) is 0.149. The van der Waals surface area contributed by atoms with Gasteiger partial charge >= 0.3 is 0 Å². The van der Waals surface area contributed by atoms with Crippen LogP contribution in [0.25, 0.3) is 0 Å². The summed E-state index contributed by atoms with van der Waals surface area (Å²) in [6, 6.07) is 15.6. The third-order valence-corrected chi connectivity index (χ3v) is 5.30. The highest BCUT2D eigenvalue weighted by atomic mass is 16.2. The number of pyridine rings is 1. The van der Waals surface area contributed by atoms with E-state index < -0.39 is 0 Å². The van der Waals surface area contributed by atoms with E-state index >= 15 is 0 Å². The Balaban J connectivity index is 1.42. The lowest BCUT2D eigenvalue weighted by molar-refractivity contribution is -0.131. The second-order valence-electron chi connectivity index (χ2n) is 7.23. The minimum absolute atomic E-state index is 0.00176. The number of carbonyl (C=O) groups excluding carboxylic acids is 2. The molecule has 1 unspecified atom stereocenters. The van der Waals surface area contributed by atoms with E-state index in [-0.39, 0.29) is 29.7 Å². The Bertz CT molecular complexity index is 741. The first-order valence-electron chi connectivity index (χ1n) is 9.66. The van der Waals surface area contributed by atoms with E-state index in [1.165, 1.54) is 0 Å². The van der Waals surface area contributed by atoms with Crippen molar-refractivity contribution < 1.29 is 9.59 Å². The Hall–Kier alpha value is -2.69. The molecule has 142 valence electrons. The SMILES string of the molecule is CC(NC(=O)C1CCC(C(=O)NCc2ccccn2)CC1)c1ccccc1. The highest BCUT2D eigenvalue weighted by molar-refractivity contribution is 5.81. The topological polar surface area (TPSA) is 71.1 Å². The Morgan fingerprint density at radius 1 is 0.963 bits per heavy atom. The minimum Gasteiger partial charge on any atom is -0.350 e. The largest absolute Gasteiger partial charge is 0.350 e. The number of hydrogen-bond donors (Lipinski definition) is 2. The fourth-order valence-corrected chi connectivity index (χ4v) is 3.60. The van der Waals surface area contributed by atoms with Gasteiger partial charge in [-0.1, -0.05) is 36.4 Å². The molecule has 2 N–H and O–H groups in total. The maximum atomic E-state index is 12.5. The Labute approximate surface area is 160 Å². The summed E-state index contributed by atoms with van der Waals surface area (Å²) in [7, 11) is 0. The molecule has 1 aliphatic rings. The third-order valence-electron chi connectivity index (χ3n) is 5.30. The maximum absolute atomic E-state index is 12.5. The van der Waals surface area contributed by atoms with Crippen LogP contribution in [0.1, 0.15) is 49.9 Å². The van der Waals surface area contributed by atoms with Crippen LogP contribution >= 0.6 is 0 Å². The van der Waals surface area contributed by atoms with Crippen LogP contribution in [-0.2, 0) is 16.1 Å². The summed E-state index contributed by atoms with van der Waals surface area (Å²) in [6.07, 6.45) is 4.75. The average Bonchev–Trinajstić information content (AvgIpc) is 2.73. The van der Waals surface area contributed by atoms with Crippen molar-refractivity contribution in [3.63, 3.8) is 0 Å². The molecule has 27 heavy (non-hydrogen) atoms. The van der Waals surface area contributed by atoms with Crippen molar-refractivity contribution >= 4 is 11.8 Å². The fraction of sp³-hybridized carbons (Fsp3) is 0.409. The molecule has 1 aromatic carbocycles. The monoisotopic (exact) mass is 365 g/mol. The van der Waals surface area contributed by atoms with Crippen molar-refractivity contribution in [3.05, 3.63) is 66.0 Å². The summed E-state index contributed by atoms with van der Waals surface area (Å²) in [5, 5.41) is 6.07. The van der Waals surface area contributed by atoms with Crippen LogP contribution in [0.2, 0.25) is 0 Å². The van der Waals surface area contributed by atoms with Crippen molar-refractivity contribution in [2.75, 3.05) is 0 Å². The van der Waals surface area contributed by atoms with Gasteiger partial charge in [0.05, 0.1) is 18.3 Å². The first-order valence-corrected chi connectivity index (χ1v) is 9.66. The number of benzene rings is 1. The number of hydrogen-bond acceptors (Lipinski definition) is 3. The summed E-state index contributed by atoms with van der Waals surface area (Å²) >= 11 is 0. The first kappa shape index (κ1) is 19.1. The Morgan fingerprint density at radius 3 is 2.22 bits per heavy atom. The summed E-state index contributed by atoms with van der Waals surface area (Å²) in [4.78, 5) is 29.1. The lowest BCUT2D eigenvalue weighted by atomic mass is 9.81. The number of aromatic nitrogens is 1. The fourth-order valence-electron chi connectivity index (χ4n) is 3.60. The molecule has 0 aliphatic heterocycles. The smallest absolute Gasteiger partial charge is 0.223 e. The first-order chi connectivity index (χ1) is 13.1. The van der Waals surface area contributed by atoms with Crippen LogP contribution in [0.5, 0.6) is 0 Å². The zero-order chi connectivity index (χ0) is 19.1. The molecule has 1 aliphatic carbocycles. The molecule has 1 atom stereocenters. The molecule has 0 saturated heterocycles. The third kappa shape index (κ3) is 5.39. The van der Waals surface area contributed by atoms with Gasteiger partial charge in [0, 0.05) is 18.0 Å². The van der Waals surface area contributed by atoms with Crippen molar-refractivity contribution in [2.24, 2.45) is 11.8 Å². The van der Waals surface area contributed by atoms with Gasteiger partial charge in [0.15, 0.2) is 0 Å². The van der Waals surface area contributed by atoms with E-state index in [0.29, 0.717) is 6.54 Å². The molecule has 1 fully saturated rings. The highest BCUT2D eigenvalue weighted by Crippen LogP contribution is 2.29. The van der Waals surface area contributed by atoms with Gasteiger partial charge in [0.2, 0.25) is 11.8 Å². The van der Waals surface area contributed by atoms with Gasteiger partial charge in [-0.15, -0.1) is 0 Å². The molecular formula is C22H27N3O2. The molecule has 3 rings (SSSR count). The van der Waals surface area contributed by atoms with E-state index in [1.807, 2.05) is 55.5 Å². The van der Waals surface area contributed by atoms with Crippen LogP contribution in [0.4, 0.5) is 0 Å². The van der Waals surface area contributed by atoms with Gasteiger partial charge < -0.3 is 10.6 Å². The zero-order valence-corrected chi connectivity index (χ0v) is 15.7. The Kier molecular flexibility index (Phi) is 6.58. The molecule has 2 aromatic rings. The van der Waals surface area contributed by atoms with Crippen LogP contribution in [0.15, 0.2) is 54.7 Å². The van der Waals surface area contributed by atoms with Gasteiger partial charge in [0.25, 0.3) is 0 Å². The molecule has 1 heterocycles. The van der Waals surface area contributed by atoms with Crippen molar-refractivity contribution in [1.82, 2.24) is 15.6 Å². The summed E-state index contributed by atoms with van der Waals surface area (Å²) < 4.78 is 0. The van der Waals surface area contributed by atoms with Crippen LogP contribution in [-0.4, -0.2) is 16.8 Å². The maximum Gasteiger partial charge on any atom is 0.223 e. The number of nitrogens with zero attached hydrogens (tertiary/aromatic N) is 1. The van der Waals surface area contributed by atoms with Gasteiger partial charge in [0.1, 0.15) is 0 Å². The van der Waals surface area contributed by atoms with E-state index in [0.717, 1.165) is 36.9 Å². The van der Waals surface area contributed by atoms with Crippen molar-refractivity contribution in [1.29, 1.82) is 0 Å². The molecule has 0 radical (unpaired) electrons. The second-order valence-corrected chi connectivity index (χ2v) is 7.23. The lowest BCUT2D eigenvalue weighted by Gasteiger charge is -2.28. The molecule has 1 saturated carbocycles. The normalized spacial score (nSPS) is 20.5. The van der Waals surface area contributed by atoms with Crippen LogP contribution in [0.3, 0.4) is 0 Å². The van der Waals surface area contributed by atoms with Crippen molar-refractivity contribution in [3.8, 4) is 0 Å². The summed E-state index contributed by atoms with van der Waals surface area (Å²) in [6.45, 7) is 2.46. The van der Waals surface area contributed by atoms with E-state index in [1.54, 1.807) is 6.20 Å². The number of rotatable bonds is 6. The second kappa shape index (κ2) is 9.31. The standard InChI is InChI=1S/C22H27N3O2/c1-16(17-7-3-2-4-8-17)25-22(27)19-12-10-18(11-13-19)21(26)24-15-20-9-5-6-14-23-20/h2-9,14,16,18-19H,10-13,15H2,1H3,(H,24,26)(H,25,27). The van der Waals surface area contributed by atoms with Gasteiger partial charge in [-0.2, -0.15) is 0 Å². The van der Waals surface area contributed by atoms with Gasteiger partial charge in [-0.25, -0.2) is 0 Å². The molecular weight excluding hydrogens is 338 g/mol. The highest BCUT2D eigenvalue weighted by Gasteiger charge is 2.30. The number of carbonyl (C=O) groups is 2. The quantitative estimate of drug-likeness (QED) is 0.824. The van der Waals surface area contributed by atoms with E-state index in [4.69, 9.17) is 0 Å². The van der Waals surface area contributed by atoms with E-state index in [9.17, 15) is 9.59 Å². The summed E-state index contributed by atoms with van der Waals surface area (Å²) in [5.41, 5.74) is 1.96. The predicted octanol–water partition coefficient (Wildman–Crippen LogP) is 3.38. The van der Waals surface area contributed by atoms with Gasteiger partial charge in [-0.05, 0) is 50.3 Å². The van der Waals surface area contributed by atoms with Crippen LogP contribution in [0, 0.1) is 11.8 Å².